The van der Waals surface area contributed by atoms with E-state index in [1.54, 1.807) is 24.5 Å². The van der Waals surface area contributed by atoms with E-state index in [-0.39, 0.29) is 0 Å². The van der Waals surface area contributed by atoms with Crippen LogP contribution in [0.1, 0.15) is 0 Å². The number of pyridine rings is 1. The molecule has 2 N–H and O–H groups in total. The van der Waals surface area contributed by atoms with Crippen molar-refractivity contribution in [2.24, 2.45) is 5.73 Å². The van der Waals surface area contributed by atoms with E-state index in [1.165, 1.54) is 0 Å². The first-order valence-electron chi connectivity index (χ1n) is 6.17. The van der Waals surface area contributed by atoms with Crippen LogP contribution < -0.4 is 5.73 Å². The maximum Gasteiger partial charge on any atom is 0.105 e. The molecule has 0 spiro atoms. The van der Waals surface area contributed by atoms with Crippen LogP contribution in [0.5, 0.6) is 0 Å². The monoisotopic (exact) mass is 306 g/mol. The molecule has 0 saturated carbocycles. The third kappa shape index (κ3) is 2.16. The zero-order valence-electron chi connectivity index (χ0n) is 10.6. The molecular weight excluding hydrogens is 295 g/mol. The molecule has 0 radical (unpaired) electrons. The van der Waals surface area contributed by atoms with Gasteiger partial charge in [0.15, 0.2) is 0 Å². The largest absolute Gasteiger partial charge is 0.329 e. The SMILES string of the molecule is NCCn1nc(-c2c(Cl)cccc2Cl)c2cnccc21. The molecule has 3 rings (SSSR count). The number of benzene rings is 1. The van der Waals surface area contributed by atoms with Crippen molar-refractivity contribution in [3.63, 3.8) is 0 Å². The highest BCUT2D eigenvalue weighted by Gasteiger charge is 2.17. The van der Waals surface area contributed by atoms with Gasteiger partial charge in [-0.2, -0.15) is 5.10 Å². The predicted octanol–water partition coefficient (Wildman–Crippen LogP) is 3.36. The van der Waals surface area contributed by atoms with Crippen molar-refractivity contribution in [2.75, 3.05) is 6.54 Å². The first-order chi connectivity index (χ1) is 9.72. The van der Waals surface area contributed by atoms with Crippen LogP contribution in [0.4, 0.5) is 0 Å². The highest BCUT2D eigenvalue weighted by molar-refractivity contribution is 6.39. The van der Waals surface area contributed by atoms with Crippen LogP contribution in [0.3, 0.4) is 0 Å². The summed E-state index contributed by atoms with van der Waals surface area (Å²) in [5.74, 6) is 0. The molecule has 0 atom stereocenters. The second-order valence-electron chi connectivity index (χ2n) is 4.35. The number of fused-ring (bicyclic) bond motifs is 1. The maximum atomic E-state index is 6.27. The molecule has 20 heavy (non-hydrogen) atoms. The summed E-state index contributed by atoms with van der Waals surface area (Å²) < 4.78 is 1.85. The molecule has 1 aromatic carbocycles. The third-order valence-electron chi connectivity index (χ3n) is 3.09. The quantitative estimate of drug-likeness (QED) is 0.807. The van der Waals surface area contributed by atoms with E-state index in [4.69, 9.17) is 28.9 Å². The Morgan fingerprint density at radius 1 is 1.15 bits per heavy atom. The van der Waals surface area contributed by atoms with Gasteiger partial charge in [0.05, 0.1) is 22.1 Å². The Kier molecular flexibility index (Phi) is 3.61. The van der Waals surface area contributed by atoms with Crippen molar-refractivity contribution in [2.45, 2.75) is 6.54 Å². The first-order valence-corrected chi connectivity index (χ1v) is 6.93. The first kappa shape index (κ1) is 13.4. The number of hydrogen-bond donors (Lipinski definition) is 1. The average Bonchev–Trinajstić information content (AvgIpc) is 2.79. The van der Waals surface area contributed by atoms with Crippen LogP contribution in [0.15, 0.2) is 36.7 Å². The van der Waals surface area contributed by atoms with Gasteiger partial charge in [-0.3, -0.25) is 9.67 Å². The van der Waals surface area contributed by atoms with Crippen molar-refractivity contribution in [3.05, 3.63) is 46.7 Å². The Morgan fingerprint density at radius 2 is 1.90 bits per heavy atom. The molecule has 0 aliphatic rings. The number of aromatic nitrogens is 3. The van der Waals surface area contributed by atoms with Gasteiger partial charge in [-0.25, -0.2) is 0 Å². The Hall–Kier alpha value is -1.62. The fraction of sp³-hybridized carbons (Fsp3) is 0.143. The zero-order valence-corrected chi connectivity index (χ0v) is 12.1. The van der Waals surface area contributed by atoms with Crippen molar-refractivity contribution in [1.29, 1.82) is 0 Å². The number of nitrogens with zero attached hydrogens (tertiary/aromatic N) is 3. The lowest BCUT2D eigenvalue weighted by molar-refractivity contribution is 0.648. The number of nitrogens with two attached hydrogens (primary N) is 1. The molecule has 0 bridgehead atoms. The fourth-order valence-electron chi connectivity index (χ4n) is 2.22. The minimum atomic E-state index is 0.509. The molecule has 0 saturated heterocycles. The van der Waals surface area contributed by atoms with E-state index < -0.39 is 0 Å². The standard InChI is InChI=1S/C14H12Cl2N4/c15-10-2-1-3-11(16)13(10)14-9-8-18-6-4-12(9)20(19-14)7-5-17/h1-4,6,8H,5,7,17H2. The van der Waals surface area contributed by atoms with Gasteiger partial charge >= 0.3 is 0 Å². The lowest BCUT2D eigenvalue weighted by Gasteiger charge is -2.04. The van der Waals surface area contributed by atoms with Gasteiger partial charge in [-0.05, 0) is 18.2 Å². The highest BCUT2D eigenvalue weighted by Crippen LogP contribution is 2.37. The van der Waals surface area contributed by atoms with Crippen LogP contribution >= 0.6 is 23.2 Å². The fourth-order valence-corrected chi connectivity index (χ4v) is 2.80. The van der Waals surface area contributed by atoms with Crippen LogP contribution in [0.25, 0.3) is 22.2 Å². The summed E-state index contributed by atoms with van der Waals surface area (Å²) in [6, 6.07) is 7.32. The Balaban J connectivity index is 2.31. The summed E-state index contributed by atoms with van der Waals surface area (Å²) in [6.45, 7) is 1.14. The molecule has 0 unspecified atom stereocenters. The molecule has 3 aromatic rings. The second-order valence-corrected chi connectivity index (χ2v) is 5.16. The molecular formula is C14H12Cl2N4. The molecule has 0 aliphatic carbocycles. The minimum absolute atomic E-state index is 0.509. The normalized spacial score (nSPS) is 11.2. The molecule has 2 heterocycles. The summed E-state index contributed by atoms with van der Waals surface area (Å²) >= 11 is 12.5. The van der Waals surface area contributed by atoms with Gasteiger partial charge in [0, 0.05) is 29.9 Å². The van der Waals surface area contributed by atoms with Gasteiger partial charge in [0.1, 0.15) is 5.69 Å². The summed E-state index contributed by atoms with van der Waals surface area (Å²) in [7, 11) is 0. The Morgan fingerprint density at radius 3 is 2.60 bits per heavy atom. The minimum Gasteiger partial charge on any atom is -0.329 e. The maximum absolute atomic E-state index is 6.27. The van der Waals surface area contributed by atoms with E-state index in [0.717, 1.165) is 22.2 Å². The van der Waals surface area contributed by atoms with E-state index in [2.05, 4.69) is 10.1 Å². The number of hydrogen-bond acceptors (Lipinski definition) is 3. The van der Waals surface area contributed by atoms with Crippen LogP contribution in [-0.4, -0.2) is 21.3 Å². The van der Waals surface area contributed by atoms with Crippen LogP contribution in [-0.2, 0) is 6.54 Å². The van der Waals surface area contributed by atoms with Gasteiger partial charge < -0.3 is 5.73 Å². The van der Waals surface area contributed by atoms with E-state index >= 15 is 0 Å². The molecule has 4 nitrogen and oxygen atoms in total. The second kappa shape index (κ2) is 5.40. The summed E-state index contributed by atoms with van der Waals surface area (Å²) in [6.07, 6.45) is 3.50. The lowest BCUT2D eigenvalue weighted by Crippen LogP contribution is -2.10. The summed E-state index contributed by atoms with van der Waals surface area (Å²) in [4.78, 5) is 4.16. The summed E-state index contributed by atoms with van der Waals surface area (Å²) in [5.41, 5.74) is 8.06. The van der Waals surface area contributed by atoms with E-state index in [9.17, 15) is 0 Å². The van der Waals surface area contributed by atoms with Gasteiger partial charge in [0.2, 0.25) is 0 Å². The van der Waals surface area contributed by atoms with Crippen molar-refractivity contribution >= 4 is 34.1 Å². The smallest absolute Gasteiger partial charge is 0.105 e. The Bertz CT molecular complexity index is 747. The molecule has 2 aromatic heterocycles. The van der Waals surface area contributed by atoms with Crippen LogP contribution in [0.2, 0.25) is 10.0 Å². The Labute approximate surface area is 126 Å². The van der Waals surface area contributed by atoms with E-state index in [1.807, 2.05) is 16.8 Å². The molecule has 0 fully saturated rings. The molecule has 0 amide bonds. The third-order valence-corrected chi connectivity index (χ3v) is 3.72. The average molecular weight is 307 g/mol. The van der Waals surface area contributed by atoms with Crippen molar-refractivity contribution in [1.82, 2.24) is 14.8 Å². The molecule has 0 aliphatic heterocycles. The topological polar surface area (TPSA) is 56.7 Å². The van der Waals surface area contributed by atoms with E-state index in [0.29, 0.717) is 23.1 Å². The van der Waals surface area contributed by atoms with Gasteiger partial charge in [-0.15, -0.1) is 0 Å². The predicted molar refractivity (Wildman–Crippen MR) is 82.0 cm³/mol. The highest BCUT2D eigenvalue weighted by atomic mass is 35.5. The number of rotatable bonds is 3. The van der Waals surface area contributed by atoms with Gasteiger partial charge in [0.25, 0.3) is 0 Å². The zero-order chi connectivity index (χ0) is 14.1. The summed E-state index contributed by atoms with van der Waals surface area (Å²) in [5, 5.41) is 6.65. The van der Waals surface area contributed by atoms with Crippen molar-refractivity contribution < 1.29 is 0 Å². The molecule has 102 valence electrons. The van der Waals surface area contributed by atoms with Gasteiger partial charge in [-0.1, -0.05) is 29.3 Å². The molecule has 6 heteroatoms. The number of halogens is 2. The van der Waals surface area contributed by atoms with Crippen LogP contribution in [0, 0.1) is 0 Å². The lowest BCUT2D eigenvalue weighted by atomic mass is 10.1. The van der Waals surface area contributed by atoms with Crippen molar-refractivity contribution in [3.8, 4) is 11.3 Å².